The fourth-order valence-corrected chi connectivity index (χ4v) is 3.52. The van der Waals surface area contributed by atoms with Crippen molar-refractivity contribution in [1.29, 1.82) is 0 Å². The van der Waals surface area contributed by atoms with E-state index in [1.807, 2.05) is 25.1 Å². The van der Waals surface area contributed by atoms with Gasteiger partial charge in [0.1, 0.15) is 5.76 Å². The number of methoxy groups -OCH3 is 3. The predicted molar refractivity (Wildman–Crippen MR) is 111 cm³/mol. The first-order valence-corrected chi connectivity index (χ1v) is 9.95. The van der Waals surface area contributed by atoms with Gasteiger partial charge in [-0.25, -0.2) is 0 Å². The Morgan fingerprint density at radius 1 is 1.03 bits per heavy atom. The lowest BCUT2D eigenvalue weighted by Crippen LogP contribution is -2.49. The van der Waals surface area contributed by atoms with Crippen molar-refractivity contribution in [3.63, 3.8) is 0 Å². The normalized spacial score (nSPS) is 15.1. The number of benzene rings is 1. The maximum atomic E-state index is 12.4. The van der Waals surface area contributed by atoms with Gasteiger partial charge in [-0.3, -0.25) is 14.6 Å². The van der Waals surface area contributed by atoms with Crippen LogP contribution >= 0.6 is 0 Å². The van der Waals surface area contributed by atoms with E-state index in [2.05, 4.69) is 20.3 Å². The molecule has 3 rings (SSSR count). The maximum Gasteiger partial charge on any atom is 0.234 e. The molecule has 1 aliphatic rings. The van der Waals surface area contributed by atoms with Crippen LogP contribution in [0.1, 0.15) is 17.0 Å². The Bertz CT molecular complexity index is 821. The van der Waals surface area contributed by atoms with Crippen LogP contribution in [0.2, 0.25) is 0 Å². The van der Waals surface area contributed by atoms with Crippen molar-refractivity contribution in [3.8, 4) is 17.2 Å². The third kappa shape index (κ3) is 5.64. The van der Waals surface area contributed by atoms with Gasteiger partial charge < -0.3 is 24.1 Å². The third-order valence-electron chi connectivity index (χ3n) is 5.11. The van der Waals surface area contributed by atoms with Crippen molar-refractivity contribution >= 4 is 5.91 Å². The summed E-state index contributed by atoms with van der Waals surface area (Å²) in [4.78, 5) is 16.9. The summed E-state index contributed by atoms with van der Waals surface area (Å²) in [7, 11) is 4.71. The van der Waals surface area contributed by atoms with Crippen molar-refractivity contribution in [2.75, 3.05) is 54.1 Å². The molecule has 1 aromatic heterocycles. The highest BCUT2D eigenvalue weighted by Crippen LogP contribution is 2.38. The van der Waals surface area contributed by atoms with Gasteiger partial charge in [0, 0.05) is 45.3 Å². The number of carbonyl (C=O) groups excluding carboxylic acids is 1. The number of piperazine rings is 1. The van der Waals surface area contributed by atoms with Crippen LogP contribution < -0.4 is 19.5 Å². The van der Waals surface area contributed by atoms with E-state index in [4.69, 9.17) is 18.7 Å². The third-order valence-corrected chi connectivity index (χ3v) is 5.11. The minimum Gasteiger partial charge on any atom is -0.493 e. The predicted octanol–water partition coefficient (Wildman–Crippen LogP) is 1.44. The van der Waals surface area contributed by atoms with Gasteiger partial charge in [0.05, 0.1) is 33.6 Å². The largest absolute Gasteiger partial charge is 0.493 e. The minimum atomic E-state index is -0.00988. The first-order valence-electron chi connectivity index (χ1n) is 9.95. The molecule has 0 unspecified atom stereocenters. The average Bonchev–Trinajstić information content (AvgIpc) is 3.17. The summed E-state index contributed by atoms with van der Waals surface area (Å²) in [6.07, 6.45) is 0. The molecule has 9 nitrogen and oxygen atoms in total. The van der Waals surface area contributed by atoms with Crippen LogP contribution in [-0.2, 0) is 17.9 Å². The number of rotatable bonds is 9. The summed E-state index contributed by atoms with van der Waals surface area (Å²) < 4.78 is 21.2. The van der Waals surface area contributed by atoms with E-state index in [-0.39, 0.29) is 5.91 Å². The Balaban J connectivity index is 1.45. The molecular formula is C21H30N4O5. The molecule has 0 radical (unpaired) electrons. The SMILES string of the molecule is COc1cc(CNC(=O)CN2CCN(Cc3cc(C)on3)CC2)cc(OC)c1OC. The van der Waals surface area contributed by atoms with E-state index in [9.17, 15) is 4.79 Å². The molecule has 1 aromatic carbocycles. The summed E-state index contributed by atoms with van der Waals surface area (Å²) in [6.45, 7) is 6.91. The zero-order valence-corrected chi connectivity index (χ0v) is 18.1. The van der Waals surface area contributed by atoms with Gasteiger partial charge in [-0.05, 0) is 24.6 Å². The highest BCUT2D eigenvalue weighted by molar-refractivity contribution is 5.78. The van der Waals surface area contributed by atoms with Gasteiger partial charge in [-0.15, -0.1) is 0 Å². The van der Waals surface area contributed by atoms with Crippen LogP contribution in [0.4, 0.5) is 0 Å². The first-order chi connectivity index (χ1) is 14.5. The Kier molecular flexibility index (Phi) is 7.53. The molecule has 1 aliphatic heterocycles. The van der Waals surface area contributed by atoms with Gasteiger partial charge in [-0.2, -0.15) is 0 Å². The number of nitrogens with one attached hydrogen (secondary N) is 1. The molecule has 0 atom stereocenters. The smallest absolute Gasteiger partial charge is 0.234 e. The molecule has 1 N–H and O–H groups in total. The Morgan fingerprint density at radius 2 is 1.67 bits per heavy atom. The van der Waals surface area contributed by atoms with E-state index >= 15 is 0 Å². The molecule has 9 heteroatoms. The Hall–Kier alpha value is -2.78. The molecule has 0 bridgehead atoms. The Labute approximate surface area is 176 Å². The lowest BCUT2D eigenvalue weighted by Gasteiger charge is -2.33. The van der Waals surface area contributed by atoms with Crippen LogP contribution in [0.3, 0.4) is 0 Å². The topological polar surface area (TPSA) is 89.3 Å². The van der Waals surface area contributed by atoms with Crippen LogP contribution in [-0.4, -0.2) is 74.9 Å². The second kappa shape index (κ2) is 10.3. The maximum absolute atomic E-state index is 12.4. The molecular weight excluding hydrogens is 388 g/mol. The van der Waals surface area contributed by atoms with Gasteiger partial charge in [-0.1, -0.05) is 5.16 Å². The highest BCUT2D eigenvalue weighted by atomic mass is 16.5. The summed E-state index contributed by atoms with van der Waals surface area (Å²) in [5.74, 6) is 2.49. The fraction of sp³-hybridized carbons (Fsp3) is 0.524. The zero-order valence-electron chi connectivity index (χ0n) is 18.1. The van der Waals surface area contributed by atoms with Crippen LogP contribution in [0.15, 0.2) is 22.7 Å². The van der Waals surface area contributed by atoms with Crippen LogP contribution in [0.25, 0.3) is 0 Å². The minimum absolute atomic E-state index is 0.00988. The molecule has 1 amide bonds. The van der Waals surface area contributed by atoms with E-state index in [0.29, 0.717) is 30.3 Å². The van der Waals surface area contributed by atoms with E-state index in [0.717, 1.165) is 49.7 Å². The van der Waals surface area contributed by atoms with Crippen LogP contribution in [0.5, 0.6) is 17.2 Å². The molecule has 1 fully saturated rings. The number of aryl methyl sites for hydroxylation is 1. The number of hydrogen-bond donors (Lipinski definition) is 1. The molecule has 0 spiro atoms. The van der Waals surface area contributed by atoms with Crippen molar-refractivity contribution in [2.45, 2.75) is 20.0 Å². The lowest BCUT2D eigenvalue weighted by molar-refractivity contribution is -0.122. The van der Waals surface area contributed by atoms with Crippen molar-refractivity contribution in [1.82, 2.24) is 20.3 Å². The molecule has 0 aliphatic carbocycles. The van der Waals surface area contributed by atoms with E-state index in [1.54, 1.807) is 21.3 Å². The summed E-state index contributed by atoms with van der Waals surface area (Å²) in [5.41, 5.74) is 1.83. The molecule has 2 heterocycles. The van der Waals surface area contributed by atoms with E-state index in [1.165, 1.54) is 0 Å². The van der Waals surface area contributed by atoms with E-state index < -0.39 is 0 Å². The number of carbonyl (C=O) groups is 1. The number of aromatic nitrogens is 1. The second-order valence-electron chi connectivity index (χ2n) is 7.29. The number of nitrogens with zero attached hydrogens (tertiary/aromatic N) is 3. The molecule has 164 valence electrons. The zero-order chi connectivity index (χ0) is 21.5. The van der Waals surface area contributed by atoms with Gasteiger partial charge in [0.2, 0.25) is 11.7 Å². The standard InChI is InChI=1S/C21H30N4O5/c1-15-9-17(23-30-15)13-24-5-7-25(8-6-24)14-20(26)22-12-16-10-18(27-2)21(29-4)19(11-16)28-3/h9-11H,5-8,12-14H2,1-4H3,(H,22,26). The van der Waals surface area contributed by atoms with Gasteiger partial charge in [0.25, 0.3) is 0 Å². The van der Waals surface area contributed by atoms with Crippen molar-refractivity contribution in [3.05, 3.63) is 35.2 Å². The summed E-state index contributed by atoms with van der Waals surface area (Å²) in [6, 6.07) is 5.64. The fourth-order valence-electron chi connectivity index (χ4n) is 3.52. The van der Waals surface area contributed by atoms with Crippen LogP contribution in [0, 0.1) is 6.92 Å². The molecule has 2 aromatic rings. The quantitative estimate of drug-likeness (QED) is 0.655. The highest BCUT2D eigenvalue weighted by Gasteiger charge is 2.20. The molecule has 1 saturated heterocycles. The van der Waals surface area contributed by atoms with Gasteiger partial charge in [0.15, 0.2) is 11.5 Å². The van der Waals surface area contributed by atoms with Crippen molar-refractivity contribution in [2.24, 2.45) is 0 Å². The van der Waals surface area contributed by atoms with Crippen molar-refractivity contribution < 1.29 is 23.5 Å². The molecule has 0 saturated carbocycles. The Morgan fingerprint density at radius 3 is 2.20 bits per heavy atom. The summed E-state index contributed by atoms with van der Waals surface area (Å²) in [5, 5.41) is 7.02. The molecule has 30 heavy (non-hydrogen) atoms. The number of amides is 1. The second-order valence-corrected chi connectivity index (χ2v) is 7.29. The summed E-state index contributed by atoms with van der Waals surface area (Å²) >= 11 is 0. The van der Waals surface area contributed by atoms with Gasteiger partial charge >= 0.3 is 0 Å². The monoisotopic (exact) mass is 418 g/mol. The first kappa shape index (κ1) is 21.9. The number of hydrogen-bond acceptors (Lipinski definition) is 8. The number of ether oxygens (including phenoxy) is 3. The average molecular weight is 418 g/mol. The lowest BCUT2D eigenvalue weighted by atomic mass is 10.1.